The smallest absolute Gasteiger partial charge is 0.316 e. The van der Waals surface area contributed by atoms with Crippen molar-refractivity contribution >= 4 is 17.6 Å². The van der Waals surface area contributed by atoms with E-state index in [1.165, 1.54) is 6.92 Å². The van der Waals surface area contributed by atoms with Gasteiger partial charge in [0.1, 0.15) is 0 Å². The van der Waals surface area contributed by atoms with Crippen LogP contribution in [-0.2, 0) is 16.0 Å². The topological polar surface area (TPSA) is 87.7 Å². The summed E-state index contributed by atoms with van der Waals surface area (Å²) in [5, 5.41) is 16.4. The molecule has 0 fully saturated rings. The molecule has 132 valence electrons. The molecule has 2 rings (SSSR count). The number of fused-ring (bicyclic) bond motifs is 1. The van der Waals surface area contributed by atoms with Crippen molar-refractivity contribution in [2.24, 2.45) is 5.41 Å². The third-order valence-corrected chi connectivity index (χ3v) is 4.20. The molecule has 1 aliphatic carbocycles. The van der Waals surface area contributed by atoms with Crippen molar-refractivity contribution in [3.63, 3.8) is 0 Å². The number of likely N-dealkylation sites (N-methyl/N-ethyl adjacent to an activating group) is 1. The first kappa shape index (κ1) is 18.4. The van der Waals surface area contributed by atoms with Gasteiger partial charge in [0.2, 0.25) is 5.91 Å². The third kappa shape index (κ3) is 3.76. The molecule has 1 aliphatic rings. The Kier molecular flexibility index (Phi) is 5.30. The summed E-state index contributed by atoms with van der Waals surface area (Å²) in [5.74, 6) is -0.306. The number of rotatable bonds is 3. The second-order valence-corrected chi connectivity index (χ2v) is 7.21. The Labute approximate surface area is 142 Å². The zero-order chi connectivity index (χ0) is 18.1. The number of aliphatic hydroxyl groups excluding tert-OH is 1. The number of hydrogen-bond acceptors (Lipinski definition) is 5. The van der Waals surface area contributed by atoms with E-state index in [0.717, 1.165) is 17.5 Å². The van der Waals surface area contributed by atoms with Crippen LogP contribution in [0.15, 0.2) is 12.1 Å². The number of carbonyl (C=O) groups is 2. The fourth-order valence-corrected chi connectivity index (χ4v) is 2.82. The van der Waals surface area contributed by atoms with Gasteiger partial charge in [-0.2, -0.15) is 0 Å². The summed E-state index contributed by atoms with van der Waals surface area (Å²) in [6.45, 7) is 6.72. The minimum absolute atomic E-state index is 0.0364. The van der Waals surface area contributed by atoms with E-state index in [1.54, 1.807) is 32.9 Å². The van der Waals surface area contributed by atoms with Crippen molar-refractivity contribution in [3.8, 4) is 5.75 Å². The average Bonchev–Trinajstić information content (AvgIpc) is 2.48. The molecule has 0 bridgehead atoms. The van der Waals surface area contributed by atoms with E-state index < -0.39 is 11.5 Å². The number of esters is 1. The molecule has 3 N–H and O–H groups in total. The van der Waals surface area contributed by atoms with Crippen molar-refractivity contribution in [2.75, 3.05) is 12.4 Å². The van der Waals surface area contributed by atoms with Crippen LogP contribution in [0.5, 0.6) is 5.75 Å². The fraction of sp³-hybridized carbons (Fsp3) is 0.556. The summed E-state index contributed by atoms with van der Waals surface area (Å²) in [4.78, 5) is 23.8. The van der Waals surface area contributed by atoms with Gasteiger partial charge >= 0.3 is 5.97 Å². The largest absolute Gasteiger partial charge is 0.424 e. The van der Waals surface area contributed by atoms with Crippen LogP contribution in [0.3, 0.4) is 0 Å². The highest BCUT2D eigenvalue weighted by Gasteiger charge is 2.31. The summed E-state index contributed by atoms with van der Waals surface area (Å²) in [6.07, 6.45) is 0.737. The summed E-state index contributed by atoms with van der Waals surface area (Å²) in [7, 11) is 1.81. The molecule has 1 aromatic carbocycles. The molecule has 0 aromatic heterocycles. The third-order valence-electron chi connectivity index (χ3n) is 4.20. The van der Waals surface area contributed by atoms with E-state index in [4.69, 9.17) is 4.74 Å². The van der Waals surface area contributed by atoms with Crippen LogP contribution >= 0.6 is 0 Å². The van der Waals surface area contributed by atoms with Crippen LogP contribution < -0.4 is 15.4 Å². The van der Waals surface area contributed by atoms with E-state index in [2.05, 4.69) is 10.6 Å². The van der Waals surface area contributed by atoms with Gasteiger partial charge in [0, 0.05) is 13.0 Å². The number of ether oxygens (including phenoxy) is 1. The van der Waals surface area contributed by atoms with Crippen LogP contribution in [0.2, 0.25) is 0 Å². The molecule has 1 aromatic rings. The Morgan fingerprint density at radius 3 is 2.50 bits per heavy atom. The monoisotopic (exact) mass is 334 g/mol. The average molecular weight is 334 g/mol. The molecule has 0 heterocycles. The van der Waals surface area contributed by atoms with E-state index in [9.17, 15) is 14.7 Å². The van der Waals surface area contributed by atoms with Gasteiger partial charge in [0.05, 0.1) is 17.2 Å². The van der Waals surface area contributed by atoms with Crippen LogP contribution in [0, 0.1) is 5.41 Å². The Balaban J connectivity index is 2.46. The number of aliphatic hydroxyl groups is 1. The van der Waals surface area contributed by atoms with Gasteiger partial charge in [-0.05, 0) is 57.9 Å². The molecule has 24 heavy (non-hydrogen) atoms. The normalized spacial score (nSPS) is 20.2. The van der Waals surface area contributed by atoms with Gasteiger partial charge < -0.3 is 20.5 Å². The number of carbonyl (C=O) groups excluding carboxylic acids is 2. The van der Waals surface area contributed by atoms with Gasteiger partial charge in [-0.1, -0.05) is 6.07 Å². The molecule has 0 radical (unpaired) electrons. The summed E-state index contributed by atoms with van der Waals surface area (Å²) >= 11 is 0. The van der Waals surface area contributed by atoms with Crippen molar-refractivity contribution in [1.29, 1.82) is 0 Å². The molecule has 0 aliphatic heterocycles. The lowest BCUT2D eigenvalue weighted by atomic mass is 9.84. The standard InChI is InChI=1S/C18H26N2O4/c1-10(21)20-15-11-6-8-13(19-5)16(22)12(11)7-9-14(15)24-17(23)18(2,3)4/h7,9,13,16,19,22H,6,8H2,1-5H3,(H,20,21). The molecule has 2 atom stereocenters. The molecule has 1 amide bonds. The van der Waals surface area contributed by atoms with Gasteiger partial charge in [-0.15, -0.1) is 0 Å². The highest BCUT2D eigenvalue weighted by molar-refractivity contribution is 5.93. The van der Waals surface area contributed by atoms with Crippen LogP contribution in [0.4, 0.5) is 5.69 Å². The highest BCUT2D eigenvalue weighted by atomic mass is 16.5. The first-order valence-corrected chi connectivity index (χ1v) is 8.16. The zero-order valence-corrected chi connectivity index (χ0v) is 14.9. The molecule has 0 saturated heterocycles. The lowest BCUT2D eigenvalue weighted by Gasteiger charge is -2.32. The molecule has 0 spiro atoms. The van der Waals surface area contributed by atoms with Gasteiger partial charge in [-0.25, -0.2) is 0 Å². The summed E-state index contributed by atoms with van der Waals surface area (Å²) in [6, 6.07) is 3.36. The summed E-state index contributed by atoms with van der Waals surface area (Å²) < 4.78 is 5.51. The lowest BCUT2D eigenvalue weighted by molar-refractivity contribution is -0.143. The van der Waals surface area contributed by atoms with Gasteiger partial charge in [-0.3, -0.25) is 9.59 Å². The molecule has 0 saturated carbocycles. The predicted molar refractivity (Wildman–Crippen MR) is 92.0 cm³/mol. The van der Waals surface area contributed by atoms with Crippen LogP contribution in [0.1, 0.15) is 51.3 Å². The van der Waals surface area contributed by atoms with Crippen LogP contribution in [0.25, 0.3) is 0 Å². The Morgan fingerprint density at radius 2 is 1.96 bits per heavy atom. The van der Waals surface area contributed by atoms with Crippen molar-refractivity contribution < 1.29 is 19.4 Å². The second kappa shape index (κ2) is 6.91. The highest BCUT2D eigenvalue weighted by Crippen LogP contribution is 2.40. The van der Waals surface area contributed by atoms with Crippen molar-refractivity contribution in [2.45, 2.75) is 52.7 Å². The minimum atomic E-state index is -0.668. The molecular weight excluding hydrogens is 308 g/mol. The van der Waals surface area contributed by atoms with E-state index in [0.29, 0.717) is 17.9 Å². The second-order valence-electron chi connectivity index (χ2n) is 7.21. The molecular formula is C18H26N2O4. The van der Waals surface area contributed by atoms with Gasteiger partial charge in [0.15, 0.2) is 5.75 Å². The Morgan fingerprint density at radius 1 is 1.29 bits per heavy atom. The molecule has 6 nitrogen and oxygen atoms in total. The quantitative estimate of drug-likeness (QED) is 0.582. The number of nitrogens with one attached hydrogen (secondary N) is 2. The maximum Gasteiger partial charge on any atom is 0.316 e. The van der Waals surface area contributed by atoms with E-state index in [-0.39, 0.29) is 17.9 Å². The maximum absolute atomic E-state index is 12.2. The summed E-state index contributed by atoms with van der Waals surface area (Å²) in [5.41, 5.74) is 1.40. The molecule has 2 unspecified atom stereocenters. The fourth-order valence-electron chi connectivity index (χ4n) is 2.82. The number of benzene rings is 1. The van der Waals surface area contributed by atoms with Crippen LogP contribution in [-0.4, -0.2) is 30.1 Å². The lowest BCUT2D eigenvalue weighted by Crippen LogP contribution is -2.36. The maximum atomic E-state index is 12.2. The number of amides is 1. The first-order valence-electron chi connectivity index (χ1n) is 8.16. The number of anilines is 1. The van der Waals surface area contributed by atoms with E-state index >= 15 is 0 Å². The first-order chi connectivity index (χ1) is 11.1. The van der Waals surface area contributed by atoms with Gasteiger partial charge in [0.25, 0.3) is 0 Å². The van der Waals surface area contributed by atoms with E-state index in [1.807, 2.05) is 7.05 Å². The number of hydrogen-bond donors (Lipinski definition) is 3. The van der Waals surface area contributed by atoms with Crippen molar-refractivity contribution in [1.82, 2.24) is 5.32 Å². The van der Waals surface area contributed by atoms with Crippen molar-refractivity contribution in [3.05, 3.63) is 23.3 Å². The Bertz CT molecular complexity index is 649. The predicted octanol–water partition coefficient (Wildman–Crippen LogP) is 2.16. The molecule has 6 heteroatoms. The Hall–Kier alpha value is -1.92. The minimum Gasteiger partial charge on any atom is -0.424 e. The SMILES string of the molecule is CNC1CCc2c(ccc(OC(=O)C(C)(C)C)c2NC(C)=O)C1O. The zero-order valence-electron chi connectivity index (χ0n) is 14.9.